The highest BCUT2D eigenvalue weighted by molar-refractivity contribution is 6.90. The van der Waals surface area contributed by atoms with Gasteiger partial charge in [0, 0.05) is 0 Å². The summed E-state index contributed by atoms with van der Waals surface area (Å²) in [6, 6.07) is 0. The molecule has 0 amide bonds. The minimum atomic E-state index is -1.19. The number of hydrogen-bond donors (Lipinski definition) is 0. The van der Waals surface area contributed by atoms with E-state index in [1.807, 2.05) is 5.20 Å². The van der Waals surface area contributed by atoms with Crippen molar-refractivity contribution in [3.05, 3.63) is 21.5 Å². The van der Waals surface area contributed by atoms with Gasteiger partial charge in [-0.1, -0.05) is 67.7 Å². The second-order valence-corrected chi connectivity index (χ2v) is 17.4. The van der Waals surface area contributed by atoms with E-state index in [0.717, 1.165) is 0 Å². The first-order chi connectivity index (χ1) is 6.98. The first-order valence-corrected chi connectivity index (χ1v) is 13.4. The summed E-state index contributed by atoms with van der Waals surface area (Å²) in [5.41, 5.74) is 3.26. The van der Waals surface area contributed by atoms with Gasteiger partial charge < -0.3 is 0 Å². The Hall–Kier alpha value is -0.0862. The number of hydrogen-bond acceptors (Lipinski definition) is 0. The van der Waals surface area contributed by atoms with Crippen LogP contribution in [0, 0.1) is 5.92 Å². The normalized spacial score (nSPS) is 23.4. The van der Waals surface area contributed by atoms with Crippen LogP contribution in [-0.4, -0.2) is 16.1 Å². The predicted octanol–water partition coefficient (Wildman–Crippen LogP) is 5.02. The first kappa shape index (κ1) is 14.0. The molecule has 0 spiro atoms. The molecule has 16 heavy (non-hydrogen) atoms. The van der Waals surface area contributed by atoms with Crippen molar-refractivity contribution in [2.75, 3.05) is 0 Å². The zero-order chi connectivity index (χ0) is 12.9. The van der Waals surface area contributed by atoms with Crippen molar-refractivity contribution < 1.29 is 0 Å². The van der Waals surface area contributed by atoms with Gasteiger partial charge in [0.2, 0.25) is 0 Å². The molecule has 1 atom stereocenters. The van der Waals surface area contributed by atoms with Crippen molar-refractivity contribution in [2.45, 2.75) is 60.1 Å². The van der Waals surface area contributed by atoms with E-state index in [1.54, 1.807) is 16.3 Å². The summed E-state index contributed by atoms with van der Waals surface area (Å²) in [7, 11) is -2.36. The van der Waals surface area contributed by atoms with Gasteiger partial charge in [-0.2, -0.15) is 0 Å². The Balaban J connectivity index is 3.47. The van der Waals surface area contributed by atoms with E-state index in [-0.39, 0.29) is 0 Å². The average Bonchev–Trinajstić information content (AvgIpc) is 2.27. The molecule has 0 N–H and O–H groups in total. The number of allylic oxidation sites excluding steroid dienone is 4. The van der Waals surface area contributed by atoms with Gasteiger partial charge in [0.15, 0.2) is 0 Å². The minimum absolute atomic E-state index is 0.716. The molecular weight excluding hydrogens is 224 g/mol. The van der Waals surface area contributed by atoms with Crippen molar-refractivity contribution in [2.24, 2.45) is 5.92 Å². The lowest BCUT2D eigenvalue weighted by Gasteiger charge is -2.30. The maximum absolute atomic E-state index is 2.50. The van der Waals surface area contributed by atoms with Crippen LogP contribution >= 0.6 is 0 Å². The van der Waals surface area contributed by atoms with Crippen LogP contribution in [0.4, 0.5) is 0 Å². The van der Waals surface area contributed by atoms with Gasteiger partial charge in [-0.05, 0) is 19.8 Å². The Morgan fingerprint density at radius 1 is 0.812 bits per heavy atom. The molecule has 0 fully saturated rings. The molecule has 1 rings (SSSR count). The fourth-order valence-electron chi connectivity index (χ4n) is 3.15. The van der Waals surface area contributed by atoms with Gasteiger partial charge in [0.1, 0.15) is 0 Å². The lowest BCUT2D eigenvalue weighted by atomic mass is 10.1. The third kappa shape index (κ3) is 2.28. The topological polar surface area (TPSA) is 0 Å². The number of rotatable bonds is 2. The molecule has 0 aromatic rings. The summed E-state index contributed by atoms with van der Waals surface area (Å²) < 4.78 is 0. The van der Waals surface area contributed by atoms with E-state index in [2.05, 4.69) is 60.1 Å². The summed E-state index contributed by atoms with van der Waals surface area (Å²) in [6.45, 7) is 22.1. The summed E-state index contributed by atoms with van der Waals surface area (Å²) >= 11 is 0. The van der Waals surface area contributed by atoms with Crippen LogP contribution < -0.4 is 0 Å². The van der Waals surface area contributed by atoms with E-state index in [0.29, 0.717) is 5.92 Å². The summed E-state index contributed by atoms with van der Waals surface area (Å²) in [4.78, 5) is 0. The zero-order valence-electron chi connectivity index (χ0n) is 12.6. The monoisotopic (exact) mass is 252 g/mol. The highest BCUT2D eigenvalue weighted by atomic mass is 28.3. The van der Waals surface area contributed by atoms with Gasteiger partial charge in [-0.15, -0.1) is 0 Å². The first-order valence-electron chi connectivity index (χ1n) is 6.40. The Morgan fingerprint density at radius 3 is 1.50 bits per heavy atom. The van der Waals surface area contributed by atoms with E-state index < -0.39 is 16.1 Å². The maximum Gasteiger partial charge on any atom is 0.0774 e. The highest BCUT2D eigenvalue weighted by Gasteiger charge is 2.38. The van der Waals surface area contributed by atoms with E-state index in [4.69, 9.17) is 0 Å². The highest BCUT2D eigenvalue weighted by Crippen LogP contribution is 2.44. The SMILES string of the molecule is CC1=C(C)C(C)C([Si](C)(C)C)=C1[Si](C)(C)C. The molecule has 0 saturated carbocycles. The van der Waals surface area contributed by atoms with Crippen molar-refractivity contribution in [3.63, 3.8) is 0 Å². The molecule has 0 aromatic heterocycles. The van der Waals surface area contributed by atoms with Gasteiger partial charge >= 0.3 is 0 Å². The Kier molecular flexibility index (Phi) is 3.48. The minimum Gasteiger partial charge on any atom is -0.0748 e. The largest absolute Gasteiger partial charge is 0.0774 e. The van der Waals surface area contributed by atoms with Crippen LogP contribution in [-0.2, 0) is 0 Å². The quantitative estimate of drug-likeness (QED) is 0.605. The fraction of sp³-hybridized carbons (Fsp3) is 0.714. The molecule has 0 bridgehead atoms. The van der Waals surface area contributed by atoms with Crippen molar-refractivity contribution in [1.82, 2.24) is 0 Å². The van der Waals surface area contributed by atoms with Crippen LogP contribution in [0.1, 0.15) is 20.8 Å². The van der Waals surface area contributed by atoms with Crippen LogP contribution in [0.15, 0.2) is 21.5 Å². The molecule has 0 saturated heterocycles. The second kappa shape index (κ2) is 3.99. The standard InChI is InChI=1S/C14H28Si2/c1-10-11(2)13(15(4,5)6)14(12(10)3)16(7,8)9/h11H,1-9H3. The predicted molar refractivity (Wildman–Crippen MR) is 81.3 cm³/mol. The smallest absolute Gasteiger partial charge is 0.0748 e. The Morgan fingerprint density at radius 2 is 1.25 bits per heavy atom. The lowest BCUT2D eigenvalue weighted by Crippen LogP contribution is -2.34. The van der Waals surface area contributed by atoms with Gasteiger partial charge in [0.25, 0.3) is 0 Å². The van der Waals surface area contributed by atoms with Crippen LogP contribution in [0.25, 0.3) is 0 Å². The molecular formula is C14H28Si2. The molecule has 0 heterocycles. The van der Waals surface area contributed by atoms with Gasteiger partial charge in [-0.3, -0.25) is 0 Å². The molecule has 2 heteroatoms. The summed E-state index contributed by atoms with van der Waals surface area (Å²) in [5.74, 6) is 0.716. The van der Waals surface area contributed by atoms with Gasteiger partial charge in [0.05, 0.1) is 16.1 Å². The van der Waals surface area contributed by atoms with Crippen LogP contribution in [0.3, 0.4) is 0 Å². The summed E-state index contributed by atoms with van der Waals surface area (Å²) in [5, 5.41) is 3.65. The summed E-state index contributed by atoms with van der Waals surface area (Å²) in [6.07, 6.45) is 0. The van der Waals surface area contributed by atoms with E-state index >= 15 is 0 Å². The Bertz CT molecular complexity index is 359. The Labute approximate surface area is 104 Å². The zero-order valence-corrected chi connectivity index (χ0v) is 14.6. The van der Waals surface area contributed by atoms with E-state index in [1.165, 1.54) is 0 Å². The van der Waals surface area contributed by atoms with Crippen molar-refractivity contribution in [3.8, 4) is 0 Å². The lowest BCUT2D eigenvalue weighted by molar-refractivity contribution is 0.849. The van der Waals surface area contributed by atoms with Crippen LogP contribution in [0.2, 0.25) is 39.3 Å². The van der Waals surface area contributed by atoms with Crippen molar-refractivity contribution in [1.29, 1.82) is 0 Å². The van der Waals surface area contributed by atoms with Crippen LogP contribution in [0.5, 0.6) is 0 Å². The molecule has 1 aliphatic carbocycles. The van der Waals surface area contributed by atoms with Crippen molar-refractivity contribution >= 4 is 16.1 Å². The van der Waals surface area contributed by atoms with E-state index in [9.17, 15) is 0 Å². The maximum atomic E-state index is 2.50. The third-order valence-corrected chi connectivity index (χ3v) is 8.57. The second-order valence-electron chi connectivity index (χ2n) is 7.32. The molecule has 0 nitrogen and oxygen atoms in total. The third-order valence-electron chi connectivity index (χ3n) is 3.88. The molecule has 92 valence electrons. The molecule has 1 unspecified atom stereocenters. The fourth-order valence-corrected chi connectivity index (χ4v) is 10.2. The van der Waals surface area contributed by atoms with Gasteiger partial charge in [-0.25, -0.2) is 0 Å². The molecule has 0 aromatic carbocycles. The molecule has 0 aliphatic heterocycles. The molecule has 0 radical (unpaired) electrons. The average molecular weight is 253 g/mol. The molecule has 1 aliphatic rings.